The molecule has 160 valence electrons. The standard InChI is InChI=1S/C21H22F3N3O3/c1-12-10-18(26-30-12)25-19(28)14-6-8-27(9-7-14)20(29)17-11-16(17)13-2-4-15(5-3-13)21(22,23)24/h2-5,10,14,16-17H,6-9,11H2,1H3,(H,25,26,28). The molecule has 2 atom stereocenters. The number of benzene rings is 1. The average Bonchev–Trinajstić information content (AvgIpc) is 3.42. The van der Waals surface area contributed by atoms with Crippen molar-refractivity contribution in [2.24, 2.45) is 11.8 Å². The molecule has 1 N–H and O–H groups in total. The summed E-state index contributed by atoms with van der Waals surface area (Å²) in [4.78, 5) is 26.9. The van der Waals surface area contributed by atoms with Crippen LogP contribution in [-0.4, -0.2) is 35.0 Å². The number of halogens is 3. The number of carbonyl (C=O) groups excluding carboxylic acids is 2. The molecule has 6 nitrogen and oxygen atoms in total. The molecule has 2 aromatic rings. The minimum atomic E-state index is -4.36. The minimum Gasteiger partial charge on any atom is -0.360 e. The maximum Gasteiger partial charge on any atom is 0.416 e. The maximum absolute atomic E-state index is 12.8. The summed E-state index contributed by atoms with van der Waals surface area (Å²) in [6, 6.07) is 6.70. The second kappa shape index (κ2) is 7.77. The number of aryl methyl sites for hydroxylation is 1. The fourth-order valence-electron chi connectivity index (χ4n) is 4.01. The van der Waals surface area contributed by atoms with E-state index in [0.717, 1.165) is 17.7 Å². The topological polar surface area (TPSA) is 75.4 Å². The van der Waals surface area contributed by atoms with E-state index in [1.54, 1.807) is 17.9 Å². The molecule has 1 aromatic heterocycles. The van der Waals surface area contributed by atoms with Crippen LogP contribution in [0.15, 0.2) is 34.9 Å². The van der Waals surface area contributed by atoms with E-state index < -0.39 is 11.7 Å². The lowest BCUT2D eigenvalue weighted by Crippen LogP contribution is -2.42. The molecule has 2 heterocycles. The predicted molar refractivity (Wildman–Crippen MR) is 101 cm³/mol. The summed E-state index contributed by atoms with van der Waals surface area (Å²) < 4.78 is 43.0. The zero-order valence-corrected chi connectivity index (χ0v) is 16.4. The summed E-state index contributed by atoms with van der Waals surface area (Å²) in [6.07, 6.45) is -2.59. The van der Waals surface area contributed by atoms with E-state index in [2.05, 4.69) is 10.5 Å². The fraction of sp³-hybridized carbons (Fsp3) is 0.476. The fourth-order valence-corrected chi connectivity index (χ4v) is 4.01. The summed E-state index contributed by atoms with van der Waals surface area (Å²) in [7, 11) is 0. The highest BCUT2D eigenvalue weighted by Gasteiger charge is 2.46. The van der Waals surface area contributed by atoms with Crippen LogP contribution in [0.2, 0.25) is 0 Å². The lowest BCUT2D eigenvalue weighted by molar-refractivity contribution is -0.137. The average molecular weight is 421 g/mol. The van der Waals surface area contributed by atoms with Crippen molar-refractivity contribution < 1.29 is 27.3 Å². The number of nitrogens with one attached hydrogen (secondary N) is 1. The molecule has 1 saturated heterocycles. The lowest BCUT2D eigenvalue weighted by Gasteiger charge is -2.31. The smallest absolute Gasteiger partial charge is 0.360 e. The first-order chi connectivity index (χ1) is 14.2. The van der Waals surface area contributed by atoms with Gasteiger partial charge in [-0.1, -0.05) is 17.3 Å². The van der Waals surface area contributed by atoms with Crippen LogP contribution >= 0.6 is 0 Å². The van der Waals surface area contributed by atoms with Gasteiger partial charge in [-0.25, -0.2) is 0 Å². The summed E-state index contributed by atoms with van der Waals surface area (Å²) in [6.45, 7) is 2.72. The van der Waals surface area contributed by atoms with Crippen molar-refractivity contribution >= 4 is 17.6 Å². The van der Waals surface area contributed by atoms with Gasteiger partial charge in [-0.3, -0.25) is 9.59 Å². The third-order valence-corrected chi connectivity index (χ3v) is 5.83. The van der Waals surface area contributed by atoms with Crippen LogP contribution in [0.1, 0.15) is 42.1 Å². The van der Waals surface area contributed by atoms with Crippen molar-refractivity contribution in [2.45, 2.75) is 38.3 Å². The predicted octanol–water partition coefficient (Wildman–Crippen LogP) is 3.98. The molecular weight excluding hydrogens is 399 g/mol. The second-order valence-corrected chi connectivity index (χ2v) is 7.98. The normalized spacial score (nSPS) is 22.1. The molecule has 1 aliphatic carbocycles. The van der Waals surface area contributed by atoms with Crippen molar-refractivity contribution in [1.82, 2.24) is 10.1 Å². The molecule has 2 amide bonds. The van der Waals surface area contributed by atoms with E-state index in [9.17, 15) is 22.8 Å². The minimum absolute atomic E-state index is 0.0193. The molecule has 0 radical (unpaired) electrons. The number of rotatable bonds is 4. The zero-order chi connectivity index (χ0) is 21.5. The highest BCUT2D eigenvalue weighted by atomic mass is 19.4. The van der Waals surface area contributed by atoms with Crippen LogP contribution in [0.4, 0.5) is 19.0 Å². The van der Waals surface area contributed by atoms with Crippen LogP contribution in [0.25, 0.3) is 0 Å². The summed E-state index contributed by atoms with van der Waals surface area (Å²) >= 11 is 0. The maximum atomic E-state index is 12.8. The quantitative estimate of drug-likeness (QED) is 0.810. The Morgan fingerprint density at radius 1 is 1.17 bits per heavy atom. The van der Waals surface area contributed by atoms with Gasteiger partial charge >= 0.3 is 6.18 Å². The van der Waals surface area contributed by atoms with Gasteiger partial charge in [0.1, 0.15) is 5.76 Å². The highest BCUT2D eigenvalue weighted by molar-refractivity contribution is 5.92. The van der Waals surface area contributed by atoms with Gasteiger partial charge in [0.15, 0.2) is 5.82 Å². The molecule has 4 rings (SSSR count). The Morgan fingerprint density at radius 2 is 1.83 bits per heavy atom. The SMILES string of the molecule is Cc1cc(NC(=O)C2CCN(C(=O)C3CC3c3ccc(C(F)(F)F)cc3)CC2)no1. The number of alkyl halides is 3. The van der Waals surface area contributed by atoms with Crippen LogP contribution < -0.4 is 5.32 Å². The van der Waals surface area contributed by atoms with Gasteiger partial charge in [0, 0.05) is 31.0 Å². The van der Waals surface area contributed by atoms with Crippen LogP contribution in [0.5, 0.6) is 0 Å². The highest BCUT2D eigenvalue weighted by Crippen LogP contribution is 2.49. The Hall–Kier alpha value is -2.84. The van der Waals surface area contributed by atoms with E-state index >= 15 is 0 Å². The first-order valence-electron chi connectivity index (χ1n) is 9.92. The lowest BCUT2D eigenvalue weighted by atomic mass is 9.95. The van der Waals surface area contributed by atoms with Gasteiger partial charge in [-0.15, -0.1) is 0 Å². The van der Waals surface area contributed by atoms with Crippen molar-refractivity contribution in [2.75, 3.05) is 18.4 Å². The molecule has 9 heteroatoms. The molecule has 2 unspecified atom stereocenters. The van der Waals surface area contributed by atoms with Crippen molar-refractivity contribution in [3.63, 3.8) is 0 Å². The molecule has 0 bridgehead atoms. The number of hydrogen-bond donors (Lipinski definition) is 1. The van der Waals surface area contributed by atoms with Gasteiger partial charge in [0.05, 0.1) is 5.56 Å². The van der Waals surface area contributed by atoms with Gasteiger partial charge < -0.3 is 14.7 Å². The summed E-state index contributed by atoms with van der Waals surface area (Å²) in [5.41, 5.74) is 0.0782. The Labute approximate surface area is 171 Å². The molecule has 30 heavy (non-hydrogen) atoms. The Bertz CT molecular complexity index is 931. The van der Waals surface area contributed by atoms with Crippen molar-refractivity contribution in [3.8, 4) is 0 Å². The van der Waals surface area contributed by atoms with Gasteiger partial charge in [0.25, 0.3) is 0 Å². The number of hydrogen-bond acceptors (Lipinski definition) is 4. The van der Waals surface area contributed by atoms with Crippen molar-refractivity contribution in [1.29, 1.82) is 0 Å². The zero-order valence-electron chi connectivity index (χ0n) is 16.4. The van der Waals surface area contributed by atoms with E-state index in [1.807, 2.05) is 0 Å². The Kier molecular flexibility index (Phi) is 5.29. The van der Waals surface area contributed by atoms with E-state index in [4.69, 9.17) is 4.52 Å². The van der Waals surface area contributed by atoms with Crippen molar-refractivity contribution in [3.05, 3.63) is 47.2 Å². The number of carbonyl (C=O) groups is 2. The number of amides is 2. The molecule has 2 fully saturated rings. The van der Waals surface area contributed by atoms with Crippen LogP contribution in [0, 0.1) is 18.8 Å². The molecule has 1 aliphatic heterocycles. The van der Waals surface area contributed by atoms with E-state index in [1.165, 1.54) is 12.1 Å². The third kappa shape index (κ3) is 4.34. The molecular formula is C21H22F3N3O3. The number of piperidine rings is 1. The summed E-state index contributed by atoms with van der Waals surface area (Å²) in [5, 5.41) is 6.48. The van der Waals surface area contributed by atoms with E-state index in [-0.39, 0.29) is 29.6 Å². The second-order valence-electron chi connectivity index (χ2n) is 7.98. The first kappa shape index (κ1) is 20.4. The third-order valence-electron chi connectivity index (χ3n) is 5.83. The molecule has 2 aliphatic rings. The Morgan fingerprint density at radius 3 is 2.40 bits per heavy atom. The number of anilines is 1. The Balaban J connectivity index is 1.27. The van der Waals surface area contributed by atoms with Gasteiger partial charge in [0.2, 0.25) is 11.8 Å². The number of nitrogens with zero attached hydrogens (tertiary/aromatic N) is 2. The molecule has 1 aromatic carbocycles. The van der Waals surface area contributed by atoms with Crippen LogP contribution in [-0.2, 0) is 15.8 Å². The van der Waals surface area contributed by atoms with Gasteiger partial charge in [-0.05, 0) is 49.8 Å². The number of likely N-dealkylation sites (tertiary alicyclic amines) is 1. The molecule has 0 spiro atoms. The van der Waals surface area contributed by atoms with Gasteiger partial charge in [-0.2, -0.15) is 13.2 Å². The molecule has 1 saturated carbocycles. The largest absolute Gasteiger partial charge is 0.416 e. The van der Waals surface area contributed by atoms with Crippen LogP contribution in [0.3, 0.4) is 0 Å². The monoisotopic (exact) mass is 421 g/mol. The van der Waals surface area contributed by atoms with E-state index in [0.29, 0.717) is 43.9 Å². The first-order valence-corrected chi connectivity index (χ1v) is 9.92. The number of aromatic nitrogens is 1. The summed E-state index contributed by atoms with van der Waals surface area (Å²) in [5.74, 6) is 0.457.